The number of hydrogen-bond acceptors (Lipinski definition) is 8. The summed E-state index contributed by atoms with van der Waals surface area (Å²) >= 11 is 0. The van der Waals surface area contributed by atoms with Crippen molar-refractivity contribution in [3.63, 3.8) is 0 Å². The minimum absolute atomic E-state index is 0.0962. The quantitative estimate of drug-likeness (QED) is 0.853. The van der Waals surface area contributed by atoms with Gasteiger partial charge in [0.25, 0.3) is 0 Å². The van der Waals surface area contributed by atoms with Crippen molar-refractivity contribution in [1.29, 1.82) is 0 Å². The summed E-state index contributed by atoms with van der Waals surface area (Å²) in [6.45, 7) is 9.26. The number of nitrogens with one attached hydrogen (secondary N) is 1. The Morgan fingerprint density at radius 1 is 1.41 bits per heavy atom. The molecule has 3 heterocycles. The Morgan fingerprint density at radius 2 is 2.15 bits per heavy atom. The van der Waals surface area contributed by atoms with Crippen LogP contribution < -0.4 is 11.0 Å². The van der Waals surface area contributed by atoms with Gasteiger partial charge in [-0.2, -0.15) is 4.98 Å². The number of aromatic nitrogens is 2. The Balaban J connectivity index is 1.62. The Hall–Kier alpha value is -2.46. The Morgan fingerprint density at radius 3 is 2.74 bits per heavy atom. The average Bonchev–Trinajstić information content (AvgIpc) is 3.11. The fourth-order valence-corrected chi connectivity index (χ4v) is 2.68. The number of oxime groups is 1. The molecule has 148 valence electrons. The highest BCUT2D eigenvalue weighted by Gasteiger charge is 2.39. The van der Waals surface area contributed by atoms with E-state index in [1.807, 2.05) is 13.8 Å². The molecule has 1 amide bonds. The van der Waals surface area contributed by atoms with E-state index in [1.165, 1.54) is 16.8 Å². The van der Waals surface area contributed by atoms with Crippen molar-refractivity contribution in [3.8, 4) is 0 Å². The summed E-state index contributed by atoms with van der Waals surface area (Å²) in [5.74, 6) is -0.572. The lowest BCUT2D eigenvalue weighted by molar-refractivity contribution is -0.131. The van der Waals surface area contributed by atoms with Crippen LogP contribution in [0.25, 0.3) is 0 Å². The number of amides is 1. The molecule has 2 aliphatic rings. The van der Waals surface area contributed by atoms with E-state index in [2.05, 4.69) is 15.5 Å². The molecule has 0 bridgehead atoms. The summed E-state index contributed by atoms with van der Waals surface area (Å²) < 4.78 is 17.7. The van der Waals surface area contributed by atoms with Crippen molar-refractivity contribution in [2.45, 2.75) is 64.8 Å². The van der Waals surface area contributed by atoms with Crippen LogP contribution in [0.5, 0.6) is 0 Å². The van der Waals surface area contributed by atoms with Crippen molar-refractivity contribution >= 4 is 17.6 Å². The number of carbonyl (C=O) groups excluding carboxylic acids is 1. The first kappa shape index (κ1) is 19.3. The van der Waals surface area contributed by atoms with E-state index in [0.29, 0.717) is 18.7 Å². The lowest BCUT2D eigenvalue weighted by Gasteiger charge is -2.19. The van der Waals surface area contributed by atoms with Crippen LogP contribution >= 0.6 is 0 Å². The van der Waals surface area contributed by atoms with Crippen LogP contribution in [0.1, 0.15) is 47.3 Å². The van der Waals surface area contributed by atoms with Gasteiger partial charge < -0.3 is 19.0 Å². The van der Waals surface area contributed by atoms with Gasteiger partial charge in [0.1, 0.15) is 17.5 Å². The molecule has 0 aromatic carbocycles. The van der Waals surface area contributed by atoms with Crippen molar-refractivity contribution in [1.82, 2.24) is 9.55 Å². The van der Waals surface area contributed by atoms with Gasteiger partial charge in [-0.3, -0.25) is 9.88 Å². The first-order valence-corrected chi connectivity index (χ1v) is 8.66. The molecule has 0 aliphatic carbocycles. The molecule has 27 heavy (non-hydrogen) atoms. The zero-order chi connectivity index (χ0) is 19.8. The minimum Gasteiger partial charge on any atom is -0.444 e. The fourth-order valence-electron chi connectivity index (χ4n) is 2.68. The molecule has 1 aromatic rings. The monoisotopic (exact) mass is 380 g/mol. The van der Waals surface area contributed by atoms with Crippen LogP contribution in [0.4, 0.5) is 10.6 Å². The molecule has 2 atom stereocenters. The van der Waals surface area contributed by atoms with Gasteiger partial charge in [0.2, 0.25) is 6.23 Å². The highest BCUT2D eigenvalue weighted by molar-refractivity contribution is 5.89. The summed E-state index contributed by atoms with van der Waals surface area (Å²) in [5.41, 5.74) is -0.548. The third-order valence-electron chi connectivity index (χ3n) is 3.82. The lowest BCUT2D eigenvalue weighted by Crippen LogP contribution is -2.31. The van der Waals surface area contributed by atoms with Crippen LogP contribution in [0, 0.1) is 0 Å². The minimum atomic E-state index is -0.684. The molecule has 1 aromatic heterocycles. The molecular weight excluding hydrogens is 356 g/mol. The van der Waals surface area contributed by atoms with Gasteiger partial charge in [0.05, 0.1) is 18.7 Å². The maximum Gasteiger partial charge on any atom is 0.413 e. The lowest BCUT2D eigenvalue weighted by atomic mass is 10.1. The van der Waals surface area contributed by atoms with Gasteiger partial charge >= 0.3 is 11.8 Å². The molecule has 1 N–H and O–H groups in total. The van der Waals surface area contributed by atoms with Crippen LogP contribution in [-0.4, -0.2) is 45.5 Å². The van der Waals surface area contributed by atoms with E-state index in [9.17, 15) is 9.59 Å². The standard InChI is InChI=1S/C17H24N4O6/c1-16(2,3)26-15(23)19-12-6-7-21(14(22)18-12)13-8-10(20-27-13)11-9-24-17(4,5)25-11/h6-7,11,13H,8-9H2,1-5H3,(H,18,19,22,23)/t11-,13+/m1/s1. The predicted octanol–water partition coefficient (Wildman–Crippen LogP) is 2.02. The predicted molar refractivity (Wildman–Crippen MR) is 95.4 cm³/mol. The van der Waals surface area contributed by atoms with Gasteiger partial charge in [-0.05, 0) is 40.7 Å². The third-order valence-corrected chi connectivity index (χ3v) is 3.82. The first-order chi connectivity index (χ1) is 12.5. The summed E-state index contributed by atoms with van der Waals surface area (Å²) in [5, 5.41) is 6.46. The number of ether oxygens (including phenoxy) is 3. The number of carbonyl (C=O) groups is 1. The summed E-state index contributed by atoms with van der Waals surface area (Å²) in [6, 6.07) is 1.49. The second-order valence-corrected chi connectivity index (χ2v) is 7.79. The largest absolute Gasteiger partial charge is 0.444 e. The number of anilines is 1. The summed E-state index contributed by atoms with van der Waals surface area (Å²) in [6.07, 6.45) is 0.256. The smallest absolute Gasteiger partial charge is 0.413 e. The maximum atomic E-state index is 12.3. The van der Waals surface area contributed by atoms with Crippen molar-refractivity contribution in [3.05, 3.63) is 22.7 Å². The molecule has 1 fully saturated rings. The second kappa shape index (κ2) is 6.93. The summed E-state index contributed by atoms with van der Waals surface area (Å²) in [4.78, 5) is 33.3. The van der Waals surface area contributed by atoms with Gasteiger partial charge in [-0.15, -0.1) is 0 Å². The molecular formula is C17H24N4O6. The Bertz CT molecular complexity index is 810. The Kier molecular flexibility index (Phi) is 4.96. The van der Waals surface area contributed by atoms with E-state index < -0.39 is 29.4 Å². The van der Waals surface area contributed by atoms with E-state index in [1.54, 1.807) is 20.8 Å². The molecule has 0 radical (unpaired) electrons. The summed E-state index contributed by atoms with van der Waals surface area (Å²) in [7, 11) is 0. The zero-order valence-electron chi connectivity index (χ0n) is 16.0. The molecule has 1 saturated heterocycles. The van der Waals surface area contributed by atoms with Gasteiger partial charge in [0.15, 0.2) is 5.79 Å². The fraction of sp³-hybridized carbons (Fsp3) is 0.647. The SMILES string of the molecule is CC(C)(C)OC(=O)Nc1ccn([C@@H]2CC([C@H]3COC(C)(C)O3)=NO2)c(=O)n1. The zero-order valence-corrected chi connectivity index (χ0v) is 16.0. The van der Waals surface area contributed by atoms with Gasteiger partial charge in [0, 0.05) is 6.20 Å². The van der Waals surface area contributed by atoms with Crippen molar-refractivity contribution in [2.75, 3.05) is 11.9 Å². The van der Waals surface area contributed by atoms with Gasteiger partial charge in [-0.25, -0.2) is 9.59 Å². The van der Waals surface area contributed by atoms with E-state index >= 15 is 0 Å². The van der Waals surface area contributed by atoms with Crippen LogP contribution in [0.15, 0.2) is 22.2 Å². The van der Waals surface area contributed by atoms with Crippen LogP contribution in [-0.2, 0) is 19.0 Å². The Labute approximate surface area is 156 Å². The van der Waals surface area contributed by atoms with E-state index in [4.69, 9.17) is 19.0 Å². The number of hydrogen-bond donors (Lipinski definition) is 1. The first-order valence-electron chi connectivity index (χ1n) is 8.66. The number of rotatable bonds is 3. The molecule has 10 nitrogen and oxygen atoms in total. The van der Waals surface area contributed by atoms with Crippen LogP contribution in [0.3, 0.4) is 0 Å². The average molecular weight is 380 g/mol. The van der Waals surface area contributed by atoms with E-state index in [0.717, 1.165) is 0 Å². The molecule has 10 heteroatoms. The normalized spacial score (nSPS) is 24.3. The number of nitrogens with zero attached hydrogens (tertiary/aromatic N) is 3. The highest BCUT2D eigenvalue weighted by atomic mass is 16.7. The van der Waals surface area contributed by atoms with Crippen LogP contribution in [0.2, 0.25) is 0 Å². The molecule has 0 saturated carbocycles. The third kappa shape index (κ3) is 4.83. The molecule has 2 aliphatic heterocycles. The second-order valence-electron chi connectivity index (χ2n) is 7.79. The van der Waals surface area contributed by atoms with Gasteiger partial charge in [-0.1, -0.05) is 5.16 Å². The molecule has 0 unspecified atom stereocenters. The maximum absolute atomic E-state index is 12.3. The van der Waals surface area contributed by atoms with E-state index in [-0.39, 0.29) is 11.9 Å². The van der Waals surface area contributed by atoms with Crippen molar-refractivity contribution in [2.24, 2.45) is 5.16 Å². The molecule has 3 rings (SSSR count). The topological polar surface area (TPSA) is 113 Å². The highest BCUT2D eigenvalue weighted by Crippen LogP contribution is 2.29. The molecule has 0 spiro atoms. The van der Waals surface area contributed by atoms with Crippen molar-refractivity contribution < 1.29 is 23.8 Å².